The van der Waals surface area contributed by atoms with Crippen molar-refractivity contribution in [2.24, 2.45) is 0 Å². The lowest BCUT2D eigenvalue weighted by Gasteiger charge is -2.16. The highest BCUT2D eigenvalue weighted by molar-refractivity contribution is 6.35. The van der Waals surface area contributed by atoms with E-state index in [2.05, 4.69) is 15.4 Å². The second kappa shape index (κ2) is 6.72. The summed E-state index contributed by atoms with van der Waals surface area (Å²) in [5.74, 6) is -0.0704. The number of nitrogens with one attached hydrogen (secondary N) is 1. The van der Waals surface area contributed by atoms with Gasteiger partial charge in [-0.05, 0) is 24.6 Å². The molecule has 1 amide bonds. The third kappa shape index (κ3) is 3.95. The number of nitrogens with zero attached hydrogens (tertiary/aromatic N) is 3. The maximum atomic E-state index is 11.9. The van der Waals surface area contributed by atoms with E-state index in [-0.39, 0.29) is 11.9 Å². The summed E-state index contributed by atoms with van der Waals surface area (Å²) in [5.41, 5.74) is 0.838. The molecular formula is C13H14Cl2N4O. The standard InChI is InChI=1S/C13H14Cl2N4O/c1-9(11-3-2-10(14)6-12(11)15)18-13(20)4-5-19-8-16-7-17-19/h2-3,6-9H,4-5H2,1H3,(H,18,20). The number of rotatable bonds is 5. The van der Waals surface area contributed by atoms with Crippen molar-refractivity contribution < 1.29 is 4.79 Å². The third-order valence-electron chi connectivity index (χ3n) is 2.84. The average molecular weight is 313 g/mol. The Kier molecular flexibility index (Phi) is 4.98. The smallest absolute Gasteiger partial charge is 0.222 e. The molecule has 0 radical (unpaired) electrons. The molecule has 1 N–H and O–H groups in total. The number of amides is 1. The molecule has 0 saturated carbocycles. The minimum atomic E-state index is -0.178. The molecule has 1 unspecified atom stereocenters. The van der Waals surface area contributed by atoms with Crippen molar-refractivity contribution in [3.63, 3.8) is 0 Å². The number of carbonyl (C=O) groups excluding carboxylic acids is 1. The van der Waals surface area contributed by atoms with Crippen LogP contribution in [0.25, 0.3) is 0 Å². The molecular weight excluding hydrogens is 299 g/mol. The predicted molar refractivity (Wildman–Crippen MR) is 77.7 cm³/mol. The summed E-state index contributed by atoms with van der Waals surface area (Å²) in [6, 6.07) is 5.05. The fourth-order valence-electron chi connectivity index (χ4n) is 1.81. The molecule has 0 spiro atoms. The summed E-state index contributed by atoms with van der Waals surface area (Å²) in [7, 11) is 0. The molecule has 0 bridgehead atoms. The molecule has 0 aliphatic carbocycles. The number of aryl methyl sites for hydroxylation is 1. The highest BCUT2D eigenvalue weighted by atomic mass is 35.5. The molecule has 106 valence electrons. The number of carbonyl (C=O) groups is 1. The van der Waals surface area contributed by atoms with Crippen LogP contribution in [0.5, 0.6) is 0 Å². The number of benzene rings is 1. The van der Waals surface area contributed by atoms with Crippen LogP contribution in [0.4, 0.5) is 0 Å². The molecule has 2 rings (SSSR count). The van der Waals surface area contributed by atoms with E-state index in [1.807, 2.05) is 13.0 Å². The Morgan fingerprint density at radius 1 is 1.45 bits per heavy atom. The van der Waals surface area contributed by atoms with Crippen LogP contribution in [-0.4, -0.2) is 20.7 Å². The van der Waals surface area contributed by atoms with Gasteiger partial charge >= 0.3 is 0 Å². The van der Waals surface area contributed by atoms with Crippen LogP contribution in [-0.2, 0) is 11.3 Å². The van der Waals surface area contributed by atoms with Crippen LogP contribution in [0.1, 0.15) is 24.9 Å². The molecule has 0 aliphatic rings. The van der Waals surface area contributed by atoms with E-state index >= 15 is 0 Å². The molecule has 0 fully saturated rings. The van der Waals surface area contributed by atoms with Gasteiger partial charge in [-0.25, -0.2) is 4.98 Å². The summed E-state index contributed by atoms with van der Waals surface area (Å²) in [4.78, 5) is 15.7. The zero-order valence-corrected chi connectivity index (χ0v) is 12.4. The number of halogens is 2. The second-order valence-corrected chi connectivity index (χ2v) is 5.21. The van der Waals surface area contributed by atoms with Crippen molar-refractivity contribution >= 4 is 29.1 Å². The summed E-state index contributed by atoms with van der Waals surface area (Å²) < 4.78 is 1.61. The number of aromatic nitrogens is 3. The van der Waals surface area contributed by atoms with Gasteiger partial charge in [0.15, 0.2) is 0 Å². The van der Waals surface area contributed by atoms with E-state index in [0.717, 1.165) is 5.56 Å². The van der Waals surface area contributed by atoms with E-state index in [1.165, 1.54) is 6.33 Å². The van der Waals surface area contributed by atoms with Crippen LogP contribution in [0.15, 0.2) is 30.9 Å². The van der Waals surface area contributed by atoms with E-state index in [9.17, 15) is 4.79 Å². The molecule has 0 aliphatic heterocycles. The van der Waals surface area contributed by atoms with Gasteiger partial charge in [-0.2, -0.15) is 5.10 Å². The first-order chi connectivity index (χ1) is 9.56. The second-order valence-electron chi connectivity index (χ2n) is 4.36. The maximum absolute atomic E-state index is 11.9. The fraction of sp³-hybridized carbons (Fsp3) is 0.308. The maximum Gasteiger partial charge on any atom is 0.222 e. The van der Waals surface area contributed by atoms with Crippen molar-refractivity contribution in [1.29, 1.82) is 0 Å². The summed E-state index contributed by atoms with van der Waals surface area (Å²) in [6.45, 7) is 2.37. The van der Waals surface area contributed by atoms with Crippen LogP contribution in [0.2, 0.25) is 10.0 Å². The first-order valence-electron chi connectivity index (χ1n) is 6.13. The van der Waals surface area contributed by atoms with Crippen molar-refractivity contribution in [3.8, 4) is 0 Å². The van der Waals surface area contributed by atoms with E-state index in [1.54, 1.807) is 23.1 Å². The van der Waals surface area contributed by atoms with Crippen molar-refractivity contribution in [1.82, 2.24) is 20.1 Å². The quantitative estimate of drug-likeness (QED) is 0.923. The zero-order chi connectivity index (χ0) is 14.5. The predicted octanol–water partition coefficient (Wildman–Crippen LogP) is 2.85. The van der Waals surface area contributed by atoms with Gasteiger partial charge in [0.2, 0.25) is 5.91 Å². The Morgan fingerprint density at radius 2 is 2.25 bits per heavy atom. The van der Waals surface area contributed by atoms with Crippen LogP contribution in [0.3, 0.4) is 0 Å². The topological polar surface area (TPSA) is 59.8 Å². The largest absolute Gasteiger partial charge is 0.349 e. The minimum Gasteiger partial charge on any atom is -0.349 e. The molecule has 1 aromatic heterocycles. The van der Waals surface area contributed by atoms with Crippen LogP contribution < -0.4 is 5.32 Å². The first kappa shape index (κ1) is 14.8. The van der Waals surface area contributed by atoms with E-state index in [0.29, 0.717) is 23.0 Å². The Balaban J connectivity index is 1.90. The Morgan fingerprint density at radius 3 is 2.90 bits per heavy atom. The Labute approximate surface area is 126 Å². The van der Waals surface area contributed by atoms with Gasteiger partial charge in [-0.1, -0.05) is 29.3 Å². The highest BCUT2D eigenvalue weighted by Crippen LogP contribution is 2.26. The van der Waals surface area contributed by atoms with Gasteiger partial charge in [0.1, 0.15) is 12.7 Å². The lowest BCUT2D eigenvalue weighted by atomic mass is 10.1. The molecule has 1 atom stereocenters. The highest BCUT2D eigenvalue weighted by Gasteiger charge is 2.13. The normalized spacial score (nSPS) is 12.2. The Hall–Kier alpha value is -1.59. The molecule has 5 nitrogen and oxygen atoms in total. The lowest BCUT2D eigenvalue weighted by Crippen LogP contribution is -2.27. The van der Waals surface area contributed by atoms with Crippen LogP contribution in [0, 0.1) is 0 Å². The van der Waals surface area contributed by atoms with E-state index < -0.39 is 0 Å². The molecule has 1 heterocycles. The van der Waals surface area contributed by atoms with Gasteiger partial charge in [-0.3, -0.25) is 9.48 Å². The first-order valence-corrected chi connectivity index (χ1v) is 6.88. The van der Waals surface area contributed by atoms with Crippen LogP contribution >= 0.6 is 23.2 Å². The fourth-order valence-corrected chi connectivity index (χ4v) is 2.38. The summed E-state index contributed by atoms with van der Waals surface area (Å²) >= 11 is 12.0. The van der Waals surface area contributed by atoms with Crippen molar-refractivity contribution in [2.45, 2.75) is 25.9 Å². The molecule has 2 aromatic rings. The van der Waals surface area contributed by atoms with Crippen molar-refractivity contribution in [3.05, 3.63) is 46.5 Å². The molecule has 7 heteroatoms. The molecule has 20 heavy (non-hydrogen) atoms. The average Bonchev–Trinajstić information content (AvgIpc) is 2.89. The molecule has 0 saturated heterocycles. The van der Waals surface area contributed by atoms with Gasteiger partial charge < -0.3 is 5.32 Å². The lowest BCUT2D eigenvalue weighted by molar-refractivity contribution is -0.122. The summed E-state index contributed by atoms with van der Waals surface area (Å²) in [5, 5.41) is 7.95. The summed E-state index contributed by atoms with van der Waals surface area (Å²) in [6.07, 6.45) is 3.35. The number of hydrogen-bond donors (Lipinski definition) is 1. The Bertz CT molecular complexity index is 586. The monoisotopic (exact) mass is 312 g/mol. The number of hydrogen-bond acceptors (Lipinski definition) is 3. The molecule has 1 aromatic carbocycles. The zero-order valence-electron chi connectivity index (χ0n) is 10.9. The third-order valence-corrected chi connectivity index (χ3v) is 3.40. The van der Waals surface area contributed by atoms with E-state index in [4.69, 9.17) is 23.2 Å². The van der Waals surface area contributed by atoms with Crippen molar-refractivity contribution in [2.75, 3.05) is 0 Å². The van der Waals surface area contributed by atoms with Gasteiger partial charge in [0, 0.05) is 16.5 Å². The van der Waals surface area contributed by atoms with Gasteiger partial charge in [0.25, 0.3) is 0 Å². The SMILES string of the molecule is CC(NC(=O)CCn1cncn1)c1ccc(Cl)cc1Cl. The van der Waals surface area contributed by atoms with Gasteiger partial charge in [-0.15, -0.1) is 0 Å². The minimum absolute atomic E-state index is 0.0704. The van der Waals surface area contributed by atoms with Gasteiger partial charge in [0.05, 0.1) is 12.6 Å².